The van der Waals surface area contributed by atoms with Crippen molar-refractivity contribution >= 4 is 28.9 Å². The van der Waals surface area contributed by atoms with E-state index in [1.54, 1.807) is 6.07 Å². The van der Waals surface area contributed by atoms with E-state index in [0.717, 1.165) is 0 Å². The Balaban J connectivity index is 3.06. The van der Waals surface area contributed by atoms with Gasteiger partial charge in [-0.05, 0) is 17.6 Å². The van der Waals surface area contributed by atoms with Crippen LogP contribution in [0.25, 0.3) is 0 Å². The van der Waals surface area contributed by atoms with Crippen LogP contribution in [0.5, 0.6) is 0 Å². The van der Waals surface area contributed by atoms with Gasteiger partial charge in [-0.3, -0.25) is 0 Å². The molecule has 0 bridgehead atoms. The molecule has 0 aromatic heterocycles. The van der Waals surface area contributed by atoms with Gasteiger partial charge in [0.05, 0.1) is 0 Å². The van der Waals surface area contributed by atoms with Crippen LogP contribution in [-0.4, -0.2) is 12.5 Å². The largest absolute Gasteiger partial charge is 0.449 e. The molecule has 1 aromatic carbocycles. The van der Waals surface area contributed by atoms with Crippen LogP contribution >= 0.6 is 15.9 Å². The van der Waals surface area contributed by atoms with E-state index >= 15 is 0 Å². The first-order chi connectivity index (χ1) is 4.72. The molecule has 0 fully saturated rings. The molecule has 0 spiro atoms. The van der Waals surface area contributed by atoms with Gasteiger partial charge in [0.1, 0.15) is 5.82 Å². The molecule has 0 aliphatic carbocycles. The molecule has 0 aliphatic heterocycles. The zero-order valence-electron chi connectivity index (χ0n) is 5.14. The van der Waals surface area contributed by atoms with Crippen LogP contribution in [0.4, 0.5) is 4.39 Å². The summed E-state index contributed by atoms with van der Waals surface area (Å²) < 4.78 is 13.1. The number of rotatable bonds is 1. The van der Waals surface area contributed by atoms with E-state index in [2.05, 4.69) is 15.9 Å². The van der Waals surface area contributed by atoms with E-state index in [9.17, 15) is 4.39 Å². The molecular formula is C6H5BBrFO. The van der Waals surface area contributed by atoms with Crippen molar-refractivity contribution in [3.05, 3.63) is 28.5 Å². The zero-order valence-corrected chi connectivity index (χ0v) is 6.73. The van der Waals surface area contributed by atoms with E-state index in [4.69, 9.17) is 5.02 Å². The molecule has 0 saturated heterocycles. The average molecular weight is 203 g/mol. The van der Waals surface area contributed by atoms with Gasteiger partial charge in [0.15, 0.2) is 0 Å². The number of hydrogen-bond donors (Lipinski definition) is 1. The van der Waals surface area contributed by atoms with Crippen molar-refractivity contribution in [2.24, 2.45) is 0 Å². The Bertz CT molecular complexity index is 221. The van der Waals surface area contributed by atoms with Gasteiger partial charge in [-0.15, -0.1) is 0 Å². The van der Waals surface area contributed by atoms with Crippen LogP contribution in [0.15, 0.2) is 22.7 Å². The number of hydrogen-bond acceptors (Lipinski definition) is 1. The fraction of sp³-hybridized carbons (Fsp3) is 0. The summed E-state index contributed by atoms with van der Waals surface area (Å²) in [7, 11) is -0.129. The fourth-order valence-electron chi connectivity index (χ4n) is 0.702. The minimum atomic E-state index is -0.335. The average Bonchev–Trinajstić information content (AvgIpc) is 1.85. The second-order valence-electron chi connectivity index (χ2n) is 1.94. The Hall–Kier alpha value is -0.345. The minimum Gasteiger partial charge on any atom is -0.449 e. The summed E-state index contributed by atoms with van der Waals surface area (Å²) in [6, 6.07) is 4.31. The summed E-state index contributed by atoms with van der Waals surface area (Å²) in [6.45, 7) is 0. The monoisotopic (exact) mass is 202 g/mol. The maximum Gasteiger partial charge on any atom is 0.304 e. The molecule has 0 heterocycles. The molecule has 10 heavy (non-hydrogen) atoms. The van der Waals surface area contributed by atoms with Gasteiger partial charge < -0.3 is 5.02 Å². The first-order valence-corrected chi connectivity index (χ1v) is 3.57. The van der Waals surface area contributed by atoms with E-state index < -0.39 is 0 Å². The van der Waals surface area contributed by atoms with Gasteiger partial charge >= 0.3 is 7.48 Å². The van der Waals surface area contributed by atoms with Crippen molar-refractivity contribution < 1.29 is 9.41 Å². The maximum atomic E-state index is 12.5. The highest BCUT2D eigenvalue weighted by atomic mass is 79.9. The summed E-state index contributed by atoms with van der Waals surface area (Å²) in [6.07, 6.45) is 0. The second-order valence-corrected chi connectivity index (χ2v) is 2.85. The highest BCUT2D eigenvalue weighted by Crippen LogP contribution is 2.08. The van der Waals surface area contributed by atoms with Crippen LogP contribution in [0.2, 0.25) is 0 Å². The number of halogens is 2. The first-order valence-electron chi connectivity index (χ1n) is 2.78. The second kappa shape index (κ2) is 3.17. The standard InChI is InChI=1S/C6H5BBrFO/c8-5-1-4(7-10)2-6(9)3-5/h1-3,7,10H. The minimum absolute atomic E-state index is 0.129. The Morgan fingerprint density at radius 1 is 1.40 bits per heavy atom. The van der Waals surface area contributed by atoms with Crippen LogP contribution in [0, 0.1) is 5.82 Å². The molecule has 1 nitrogen and oxygen atoms in total. The predicted octanol–water partition coefficient (Wildman–Crippen LogP) is 0.557. The lowest BCUT2D eigenvalue weighted by Gasteiger charge is -1.95. The lowest BCUT2D eigenvalue weighted by atomic mass is 9.89. The smallest absolute Gasteiger partial charge is 0.304 e. The Morgan fingerprint density at radius 3 is 2.60 bits per heavy atom. The lowest BCUT2D eigenvalue weighted by molar-refractivity contribution is 0.611. The van der Waals surface area contributed by atoms with Crippen molar-refractivity contribution in [2.45, 2.75) is 0 Å². The van der Waals surface area contributed by atoms with E-state index in [1.807, 2.05) is 0 Å². The Morgan fingerprint density at radius 2 is 2.10 bits per heavy atom. The molecule has 0 aliphatic rings. The predicted molar refractivity (Wildman–Crippen MR) is 43.1 cm³/mol. The molecule has 0 amide bonds. The Kier molecular flexibility index (Phi) is 2.46. The number of benzene rings is 1. The summed E-state index contributed by atoms with van der Waals surface area (Å²) in [5, 5.41) is 8.60. The summed E-state index contributed by atoms with van der Waals surface area (Å²) >= 11 is 3.10. The van der Waals surface area contributed by atoms with Gasteiger partial charge in [-0.2, -0.15) is 0 Å². The first kappa shape index (κ1) is 7.76. The van der Waals surface area contributed by atoms with E-state index in [1.165, 1.54) is 12.1 Å². The lowest BCUT2D eigenvalue weighted by Crippen LogP contribution is -2.13. The van der Waals surface area contributed by atoms with Crippen molar-refractivity contribution in [1.29, 1.82) is 0 Å². The van der Waals surface area contributed by atoms with Crippen LogP contribution < -0.4 is 5.46 Å². The Labute approximate surface area is 67.3 Å². The van der Waals surface area contributed by atoms with Gasteiger partial charge in [-0.25, -0.2) is 4.39 Å². The van der Waals surface area contributed by atoms with Crippen LogP contribution in [-0.2, 0) is 0 Å². The topological polar surface area (TPSA) is 20.2 Å². The molecule has 1 N–H and O–H groups in total. The summed E-state index contributed by atoms with van der Waals surface area (Å²) in [5.74, 6) is -0.335. The van der Waals surface area contributed by atoms with Crippen molar-refractivity contribution in [2.75, 3.05) is 0 Å². The molecular weight excluding hydrogens is 198 g/mol. The molecule has 52 valence electrons. The molecule has 0 radical (unpaired) electrons. The van der Waals surface area contributed by atoms with Crippen LogP contribution in [0.1, 0.15) is 0 Å². The van der Waals surface area contributed by atoms with Gasteiger partial charge in [0.25, 0.3) is 0 Å². The van der Waals surface area contributed by atoms with Crippen molar-refractivity contribution in [3.8, 4) is 0 Å². The molecule has 1 aromatic rings. The highest BCUT2D eigenvalue weighted by Gasteiger charge is 1.97. The third-order valence-electron chi connectivity index (χ3n) is 1.10. The third-order valence-corrected chi connectivity index (χ3v) is 1.56. The molecule has 0 unspecified atom stereocenters. The molecule has 0 atom stereocenters. The fourth-order valence-corrected chi connectivity index (χ4v) is 1.21. The van der Waals surface area contributed by atoms with E-state index in [-0.39, 0.29) is 13.3 Å². The quantitative estimate of drug-likeness (QED) is 0.660. The van der Waals surface area contributed by atoms with Crippen LogP contribution in [0.3, 0.4) is 0 Å². The summed E-state index contributed by atoms with van der Waals surface area (Å²) in [4.78, 5) is 0. The maximum absolute atomic E-state index is 12.5. The molecule has 4 heteroatoms. The van der Waals surface area contributed by atoms with Gasteiger partial charge in [-0.1, -0.05) is 22.0 Å². The van der Waals surface area contributed by atoms with Gasteiger partial charge in [0.2, 0.25) is 0 Å². The normalized spacial score (nSPS) is 9.50. The van der Waals surface area contributed by atoms with Crippen molar-refractivity contribution in [3.63, 3.8) is 0 Å². The van der Waals surface area contributed by atoms with E-state index in [0.29, 0.717) is 9.94 Å². The summed E-state index contributed by atoms with van der Waals surface area (Å²) in [5.41, 5.74) is 0.576. The molecule has 1 rings (SSSR count). The van der Waals surface area contributed by atoms with Gasteiger partial charge in [0, 0.05) is 4.47 Å². The molecule has 0 saturated carbocycles. The zero-order chi connectivity index (χ0) is 7.56. The highest BCUT2D eigenvalue weighted by molar-refractivity contribution is 9.10. The van der Waals surface area contributed by atoms with Crippen molar-refractivity contribution in [1.82, 2.24) is 0 Å². The third kappa shape index (κ3) is 1.82. The SMILES string of the molecule is OBc1cc(F)cc(Br)c1.